The summed E-state index contributed by atoms with van der Waals surface area (Å²) >= 11 is 0. The lowest BCUT2D eigenvalue weighted by Gasteiger charge is -2.12. The molecule has 1 aliphatic rings. The van der Waals surface area contributed by atoms with Crippen molar-refractivity contribution in [2.75, 3.05) is 19.0 Å². The summed E-state index contributed by atoms with van der Waals surface area (Å²) in [5, 5.41) is 2.65. The van der Waals surface area contributed by atoms with Gasteiger partial charge in [0.05, 0.1) is 22.4 Å². The second-order valence-corrected chi connectivity index (χ2v) is 6.97. The van der Waals surface area contributed by atoms with Gasteiger partial charge in [-0.05, 0) is 42.5 Å². The largest absolute Gasteiger partial charge is 0.455 e. The zero-order chi connectivity index (χ0) is 22.7. The minimum absolute atomic E-state index is 0.0702. The molecule has 0 fully saturated rings. The molecule has 0 atom stereocenters. The van der Waals surface area contributed by atoms with E-state index in [4.69, 9.17) is 9.47 Å². The van der Waals surface area contributed by atoms with E-state index in [0.717, 1.165) is 4.90 Å². The van der Waals surface area contributed by atoms with Crippen molar-refractivity contribution < 1.29 is 28.7 Å². The second-order valence-electron chi connectivity index (χ2n) is 6.97. The fourth-order valence-corrected chi connectivity index (χ4v) is 3.16. The number of nitrogens with one attached hydrogen (secondary N) is 1. The number of rotatable bonds is 6. The summed E-state index contributed by atoms with van der Waals surface area (Å²) in [6.45, 7) is -0.539. The Morgan fingerprint density at radius 3 is 2.34 bits per heavy atom. The van der Waals surface area contributed by atoms with Gasteiger partial charge in [-0.15, -0.1) is 0 Å². The number of para-hydroxylation sites is 3. The second kappa shape index (κ2) is 8.73. The van der Waals surface area contributed by atoms with E-state index in [9.17, 15) is 19.2 Å². The average Bonchev–Trinajstić information content (AvgIpc) is 3.03. The Morgan fingerprint density at radius 1 is 0.875 bits per heavy atom. The molecule has 0 aromatic heterocycles. The normalized spacial score (nSPS) is 12.3. The minimum atomic E-state index is -0.786. The Labute approximate surface area is 183 Å². The molecule has 0 saturated heterocycles. The van der Waals surface area contributed by atoms with Crippen LogP contribution in [0.15, 0.2) is 72.8 Å². The van der Waals surface area contributed by atoms with Crippen LogP contribution >= 0.6 is 0 Å². The van der Waals surface area contributed by atoms with E-state index in [1.807, 2.05) is 18.2 Å². The van der Waals surface area contributed by atoms with Crippen molar-refractivity contribution in [1.29, 1.82) is 0 Å². The fourth-order valence-electron chi connectivity index (χ4n) is 3.16. The summed E-state index contributed by atoms with van der Waals surface area (Å²) in [4.78, 5) is 49.7. The zero-order valence-electron chi connectivity index (χ0n) is 17.0. The first-order valence-corrected chi connectivity index (χ1v) is 9.69. The molecule has 1 heterocycles. The molecule has 0 unspecified atom stereocenters. The van der Waals surface area contributed by atoms with Crippen LogP contribution in [0.4, 0.5) is 5.69 Å². The highest BCUT2D eigenvalue weighted by molar-refractivity contribution is 6.21. The van der Waals surface area contributed by atoms with E-state index < -0.39 is 30.3 Å². The average molecular weight is 430 g/mol. The molecule has 0 bridgehead atoms. The smallest absolute Gasteiger partial charge is 0.338 e. The van der Waals surface area contributed by atoms with E-state index in [1.54, 1.807) is 36.4 Å². The monoisotopic (exact) mass is 430 g/mol. The molecule has 0 radical (unpaired) electrons. The fraction of sp³-hybridized carbons (Fsp3) is 0.0833. The minimum Gasteiger partial charge on any atom is -0.455 e. The molecule has 0 aliphatic carbocycles. The van der Waals surface area contributed by atoms with Crippen LogP contribution < -0.4 is 10.1 Å². The number of nitrogens with zero attached hydrogens (tertiary/aromatic N) is 1. The first-order chi connectivity index (χ1) is 15.4. The number of ether oxygens (including phenoxy) is 2. The summed E-state index contributed by atoms with van der Waals surface area (Å²) < 4.78 is 10.9. The van der Waals surface area contributed by atoms with Gasteiger partial charge in [0.2, 0.25) is 0 Å². The highest BCUT2D eigenvalue weighted by Crippen LogP contribution is 2.29. The van der Waals surface area contributed by atoms with Gasteiger partial charge in [-0.1, -0.05) is 30.3 Å². The number of esters is 1. The zero-order valence-corrected chi connectivity index (χ0v) is 17.0. The van der Waals surface area contributed by atoms with Crippen LogP contribution in [0.25, 0.3) is 0 Å². The molecule has 1 aliphatic heterocycles. The molecule has 1 N–H and O–H groups in total. The van der Waals surface area contributed by atoms with Crippen LogP contribution in [-0.4, -0.2) is 42.2 Å². The third-order valence-electron chi connectivity index (χ3n) is 4.79. The van der Waals surface area contributed by atoms with Gasteiger partial charge in [0.25, 0.3) is 17.7 Å². The van der Waals surface area contributed by atoms with Gasteiger partial charge in [0, 0.05) is 7.05 Å². The van der Waals surface area contributed by atoms with Crippen LogP contribution in [-0.2, 0) is 9.53 Å². The molecule has 8 heteroatoms. The number of carbonyl (C=O) groups is 4. The van der Waals surface area contributed by atoms with Crippen molar-refractivity contribution in [3.8, 4) is 11.5 Å². The van der Waals surface area contributed by atoms with Crippen molar-refractivity contribution in [3.63, 3.8) is 0 Å². The summed E-state index contributed by atoms with van der Waals surface area (Å²) in [7, 11) is 1.37. The predicted molar refractivity (Wildman–Crippen MR) is 115 cm³/mol. The number of anilines is 1. The van der Waals surface area contributed by atoms with Crippen LogP contribution in [0.3, 0.4) is 0 Å². The Kier molecular flexibility index (Phi) is 5.67. The van der Waals surface area contributed by atoms with E-state index in [-0.39, 0.29) is 16.7 Å². The molecular formula is C24H18N2O6. The topological polar surface area (TPSA) is 102 Å². The standard InChI is InChI=1S/C24H18N2O6/c1-26-22(28)17-12-11-15(13-18(17)23(26)29)24(30)31-14-21(27)25-19-9-5-6-10-20(19)32-16-7-3-2-4-8-16/h2-13H,14H2,1H3,(H,25,27). The number of benzene rings is 3. The van der Waals surface area contributed by atoms with Crippen LogP contribution in [0.1, 0.15) is 31.1 Å². The highest BCUT2D eigenvalue weighted by Gasteiger charge is 2.33. The molecule has 4 rings (SSSR count). The SMILES string of the molecule is CN1C(=O)c2ccc(C(=O)OCC(=O)Nc3ccccc3Oc3ccccc3)cc2C1=O. The first-order valence-electron chi connectivity index (χ1n) is 9.69. The molecule has 8 nitrogen and oxygen atoms in total. The third kappa shape index (κ3) is 4.20. The lowest BCUT2D eigenvalue weighted by Crippen LogP contribution is -2.24. The van der Waals surface area contributed by atoms with Crippen molar-refractivity contribution >= 4 is 29.4 Å². The third-order valence-corrected chi connectivity index (χ3v) is 4.79. The van der Waals surface area contributed by atoms with Crippen LogP contribution in [0.2, 0.25) is 0 Å². The molecule has 160 valence electrons. The van der Waals surface area contributed by atoms with Crippen molar-refractivity contribution in [2.45, 2.75) is 0 Å². The summed E-state index contributed by atoms with van der Waals surface area (Å²) in [6.07, 6.45) is 0. The van der Waals surface area contributed by atoms with Gasteiger partial charge in [0.1, 0.15) is 5.75 Å². The Hall–Kier alpha value is -4.46. The highest BCUT2D eigenvalue weighted by atomic mass is 16.5. The molecule has 0 spiro atoms. The van der Waals surface area contributed by atoms with Crippen molar-refractivity contribution in [3.05, 3.63) is 89.5 Å². The van der Waals surface area contributed by atoms with Gasteiger partial charge in [-0.3, -0.25) is 19.3 Å². The van der Waals surface area contributed by atoms with Crippen LogP contribution in [0, 0.1) is 0 Å². The summed E-state index contributed by atoms with van der Waals surface area (Å²) in [5.41, 5.74) is 0.841. The van der Waals surface area contributed by atoms with E-state index >= 15 is 0 Å². The molecule has 32 heavy (non-hydrogen) atoms. The maximum atomic E-state index is 12.3. The van der Waals surface area contributed by atoms with E-state index in [0.29, 0.717) is 17.2 Å². The van der Waals surface area contributed by atoms with Gasteiger partial charge in [-0.2, -0.15) is 0 Å². The Balaban J connectivity index is 1.39. The molecular weight excluding hydrogens is 412 g/mol. The molecule has 3 aromatic rings. The molecule has 0 saturated carbocycles. The maximum Gasteiger partial charge on any atom is 0.338 e. The van der Waals surface area contributed by atoms with Gasteiger partial charge in [0.15, 0.2) is 12.4 Å². The maximum absolute atomic E-state index is 12.3. The number of carbonyl (C=O) groups excluding carboxylic acids is 4. The molecule has 3 amide bonds. The first kappa shape index (κ1) is 20.8. The lowest BCUT2D eigenvalue weighted by molar-refractivity contribution is -0.119. The number of imide groups is 1. The number of amides is 3. The van der Waals surface area contributed by atoms with E-state index in [1.165, 1.54) is 25.2 Å². The lowest BCUT2D eigenvalue weighted by atomic mass is 10.1. The van der Waals surface area contributed by atoms with Gasteiger partial charge >= 0.3 is 5.97 Å². The number of fused-ring (bicyclic) bond motifs is 1. The Bertz CT molecular complexity index is 1220. The van der Waals surface area contributed by atoms with Crippen molar-refractivity contribution in [2.24, 2.45) is 0 Å². The van der Waals surface area contributed by atoms with E-state index in [2.05, 4.69) is 5.32 Å². The van der Waals surface area contributed by atoms with Gasteiger partial charge in [-0.25, -0.2) is 4.79 Å². The molecule has 3 aromatic carbocycles. The Morgan fingerprint density at radius 2 is 1.56 bits per heavy atom. The quantitative estimate of drug-likeness (QED) is 0.474. The van der Waals surface area contributed by atoms with Crippen LogP contribution in [0.5, 0.6) is 11.5 Å². The number of hydrogen-bond acceptors (Lipinski definition) is 6. The van der Waals surface area contributed by atoms with Gasteiger partial charge < -0.3 is 14.8 Å². The summed E-state index contributed by atoms with van der Waals surface area (Å²) in [6, 6.07) is 20.0. The predicted octanol–water partition coefficient (Wildman–Crippen LogP) is 3.50. The number of hydrogen-bond donors (Lipinski definition) is 1. The van der Waals surface area contributed by atoms with Crippen molar-refractivity contribution in [1.82, 2.24) is 4.90 Å². The summed E-state index contributed by atoms with van der Waals surface area (Å²) in [5.74, 6) is -1.23.